The van der Waals surface area contributed by atoms with E-state index in [1.54, 1.807) is 4.90 Å². The van der Waals surface area contributed by atoms with Gasteiger partial charge in [-0.25, -0.2) is 9.59 Å². The van der Waals surface area contributed by atoms with Crippen molar-refractivity contribution in [3.8, 4) is 0 Å². The second-order valence-electron chi connectivity index (χ2n) is 8.58. The molecule has 2 amide bonds. The maximum Gasteiger partial charge on any atom is 0.410 e. The summed E-state index contributed by atoms with van der Waals surface area (Å²) in [5.41, 5.74) is 5.53. The molecule has 0 radical (unpaired) electrons. The van der Waals surface area contributed by atoms with Crippen molar-refractivity contribution >= 4 is 20.3 Å². The average molecular weight is 360 g/mol. The number of nitrogens with zero attached hydrogens (tertiary/aromatic N) is 1. The van der Waals surface area contributed by atoms with Crippen molar-refractivity contribution in [3.63, 3.8) is 0 Å². The molecule has 8 heteroatoms. The van der Waals surface area contributed by atoms with Crippen LogP contribution in [0.1, 0.15) is 27.2 Å². The highest BCUT2D eigenvalue weighted by Gasteiger charge is 2.33. The lowest BCUT2D eigenvalue weighted by Crippen LogP contribution is -2.59. The molecule has 1 fully saturated rings. The molecule has 0 aromatic heterocycles. The largest absolute Gasteiger partial charge is 0.450 e. The van der Waals surface area contributed by atoms with E-state index in [9.17, 15) is 9.59 Å². The monoisotopic (exact) mass is 359 g/mol. The third kappa shape index (κ3) is 8.01. The summed E-state index contributed by atoms with van der Waals surface area (Å²) in [5.74, 6) is 0. The van der Waals surface area contributed by atoms with E-state index < -0.39 is 19.8 Å². The minimum atomic E-state index is -1.24. The number of hydrogen-bond acceptors (Lipinski definition) is 5. The van der Waals surface area contributed by atoms with Crippen molar-refractivity contribution in [3.05, 3.63) is 0 Å². The van der Waals surface area contributed by atoms with E-state index >= 15 is 0 Å². The molecule has 0 aromatic rings. The van der Waals surface area contributed by atoms with Gasteiger partial charge in [-0.2, -0.15) is 0 Å². The minimum absolute atomic E-state index is 0.201. The Hall–Kier alpha value is -1.28. The summed E-state index contributed by atoms with van der Waals surface area (Å²) in [6.07, 6.45) is -0.243. The summed E-state index contributed by atoms with van der Waals surface area (Å²) in [6.45, 7) is 13.4. The van der Waals surface area contributed by atoms with Crippen molar-refractivity contribution in [2.75, 3.05) is 19.7 Å². The maximum absolute atomic E-state index is 12.2. The molecular formula is C16H33N3O4Si. The van der Waals surface area contributed by atoms with Crippen molar-refractivity contribution in [1.29, 1.82) is 0 Å². The zero-order valence-electron chi connectivity index (χ0n) is 15.8. The fourth-order valence-electron chi connectivity index (χ4n) is 2.26. The van der Waals surface area contributed by atoms with Crippen LogP contribution in [0.25, 0.3) is 0 Å². The first-order valence-corrected chi connectivity index (χ1v) is 12.2. The Bertz CT molecular complexity index is 446. The molecule has 24 heavy (non-hydrogen) atoms. The first kappa shape index (κ1) is 20.8. The van der Waals surface area contributed by atoms with Gasteiger partial charge in [0.05, 0.1) is 12.6 Å². The Kier molecular flexibility index (Phi) is 7.09. The van der Waals surface area contributed by atoms with Gasteiger partial charge < -0.3 is 25.4 Å². The number of ether oxygens (including phenoxy) is 2. The van der Waals surface area contributed by atoms with Crippen LogP contribution in [0.3, 0.4) is 0 Å². The molecular weight excluding hydrogens is 326 g/mol. The van der Waals surface area contributed by atoms with Gasteiger partial charge in [0.2, 0.25) is 0 Å². The molecule has 7 nitrogen and oxygen atoms in total. The molecule has 1 saturated heterocycles. The van der Waals surface area contributed by atoms with Gasteiger partial charge in [0, 0.05) is 27.2 Å². The van der Waals surface area contributed by atoms with Crippen molar-refractivity contribution < 1.29 is 19.1 Å². The van der Waals surface area contributed by atoms with E-state index in [0.29, 0.717) is 26.1 Å². The van der Waals surface area contributed by atoms with E-state index in [0.717, 1.165) is 6.04 Å². The highest BCUT2D eigenvalue weighted by molar-refractivity contribution is 6.76. The van der Waals surface area contributed by atoms with Crippen LogP contribution in [-0.2, 0) is 9.47 Å². The first-order chi connectivity index (χ1) is 10.9. The lowest BCUT2D eigenvalue weighted by atomic mass is 10.0. The highest BCUT2D eigenvalue weighted by Crippen LogP contribution is 2.15. The normalized spacial score (nSPS) is 22.0. The number of carbonyl (C=O) groups excluding carboxylic acids is 2. The number of hydrogen-bond donors (Lipinski definition) is 2. The van der Waals surface area contributed by atoms with Gasteiger partial charge in [0.1, 0.15) is 5.60 Å². The van der Waals surface area contributed by atoms with Crippen molar-refractivity contribution in [1.82, 2.24) is 10.2 Å². The SMILES string of the molecule is CC(C)(C)OC(=O)N1CCC(N)C(NC(=O)OCC[Si](C)(C)C)C1. The number of nitrogens with one attached hydrogen (secondary N) is 1. The highest BCUT2D eigenvalue weighted by atomic mass is 28.3. The predicted octanol–water partition coefficient (Wildman–Crippen LogP) is 2.39. The Balaban J connectivity index is 2.48. The van der Waals surface area contributed by atoms with E-state index in [1.807, 2.05) is 20.8 Å². The molecule has 2 atom stereocenters. The number of rotatable bonds is 4. The zero-order valence-corrected chi connectivity index (χ0v) is 16.8. The number of piperidine rings is 1. The van der Waals surface area contributed by atoms with Gasteiger partial charge in [-0.3, -0.25) is 0 Å². The topological polar surface area (TPSA) is 93.9 Å². The van der Waals surface area contributed by atoms with E-state index in [2.05, 4.69) is 25.0 Å². The van der Waals surface area contributed by atoms with Gasteiger partial charge in [-0.1, -0.05) is 19.6 Å². The Morgan fingerprint density at radius 2 is 1.92 bits per heavy atom. The third-order valence-corrected chi connectivity index (χ3v) is 5.41. The van der Waals surface area contributed by atoms with Gasteiger partial charge in [-0.15, -0.1) is 0 Å². The van der Waals surface area contributed by atoms with Gasteiger partial charge in [0.25, 0.3) is 0 Å². The molecule has 1 rings (SSSR count). The van der Waals surface area contributed by atoms with Crippen LogP contribution in [0.15, 0.2) is 0 Å². The molecule has 0 bridgehead atoms. The van der Waals surface area contributed by atoms with Crippen molar-refractivity contribution in [2.24, 2.45) is 5.73 Å². The Morgan fingerprint density at radius 3 is 2.46 bits per heavy atom. The molecule has 140 valence electrons. The molecule has 2 unspecified atom stereocenters. The summed E-state index contributed by atoms with van der Waals surface area (Å²) in [7, 11) is -1.24. The molecule has 0 aliphatic carbocycles. The lowest BCUT2D eigenvalue weighted by molar-refractivity contribution is 0.0171. The molecule has 1 heterocycles. The third-order valence-electron chi connectivity index (χ3n) is 3.71. The van der Waals surface area contributed by atoms with Crippen LogP contribution >= 0.6 is 0 Å². The molecule has 3 N–H and O–H groups in total. The summed E-state index contributed by atoms with van der Waals surface area (Å²) in [6, 6.07) is 0.389. The van der Waals surface area contributed by atoms with E-state index in [-0.39, 0.29) is 18.2 Å². The maximum atomic E-state index is 12.2. The fraction of sp³-hybridized carbons (Fsp3) is 0.875. The second kappa shape index (κ2) is 8.20. The van der Waals surface area contributed by atoms with Gasteiger partial charge in [-0.05, 0) is 33.2 Å². The van der Waals surface area contributed by atoms with Crippen LogP contribution in [0.4, 0.5) is 9.59 Å². The summed E-state index contributed by atoms with van der Waals surface area (Å²) < 4.78 is 10.6. The smallest absolute Gasteiger partial charge is 0.410 e. The molecule has 0 spiro atoms. The second-order valence-corrected chi connectivity index (χ2v) is 14.2. The summed E-state index contributed by atoms with van der Waals surface area (Å²) in [5, 5.41) is 2.78. The lowest BCUT2D eigenvalue weighted by Gasteiger charge is -2.37. The fourth-order valence-corrected chi connectivity index (χ4v) is 2.97. The average Bonchev–Trinajstić information content (AvgIpc) is 2.37. The Labute approximate surface area is 146 Å². The van der Waals surface area contributed by atoms with E-state index in [1.165, 1.54) is 0 Å². The summed E-state index contributed by atoms with van der Waals surface area (Å²) >= 11 is 0. The van der Waals surface area contributed by atoms with Gasteiger partial charge in [0.15, 0.2) is 0 Å². The van der Waals surface area contributed by atoms with Crippen LogP contribution < -0.4 is 11.1 Å². The standard InChI is InChI=1S/C16H33N3O4Si/c1-16(2,3)23-15(21)19-8-7-12(17)13(11-19)18-14(20)22-9-10-24(4,5)6/h12-13H,7-11,17H2,1-6H3,(H,18,20). The molecule has 0 aromatic carbocycles. The molecule has 0 saturated carbocycles. The van der Waals surface area contributed by atoms with Crippen LogP contribution in [0.5, 0.6) is 0 Å². The zero-order chi connectivity index (χ0) is 18.5. The van der Waals surface area contributed by atoms with E-state index in [4.69, 9.17) is 15.2 Å². The number of nitrogens with two attached hydrogens (primary N) is 1. The quantitative estimate of drug-likeness (QED) is 0.752. The summed E-state index contributed by atoms with van der Waals surface area (Å²) in [4.78, 5) is 25.7. The van der Waals surface area contributed by atoms with Crippen LogP contribution in [-0.4, -0.2) is 62.5 Å². The van der Waals surface area contributed by atoms with Crippen LogP contribution in [0.2, 0.25) is 25.7 Å². The number of alkyl carbamates (subject to hydrolysis) is 1. The van der Waals surface area contributed by atoms with Gasteiger partial charge >= 0.3 is 12.2 Å². The number of amides is 2. The molecule has 1 aliphatic rings. The predicted molar refractivity (Wildman–Crippen MR) is 96.8 cm³/mol. The number of carbonyl (C=O) groups is 2. The minimum Gasteiger partial charge on any atom is -0.450 e. The first-order valence-electron chi connectivity index (χ1n) is 8.54. The van der Waals surface area contributed by atoms with Crippen molar-refractivity contribution in [2.45, 2.75) is 70.6 Å². The molecule has 1 aliphatic heterocycles. The van der Waals surface area contributed by atoms with Crippen LogP contribution in [0, 0.1) is 0 Å². The number of likely N-dealkylation sites (tertiary alicyclic amines) is 1. The Morgan fingerprint density at radius 1 is 1.29 bits per heavy atom.